The van der Waals surface area contributed by atoms with Crippen LogP contribution in [0.25, 0.3) is 0 Å². The summed E-state index contributed by atoms with van der Waals surface area (Å²) in [6.45, 7) is 2.11. The van der Waals surface area contributed by atoms with Gasteiger partial charge < -0.3 is 19.7 Å². The van der Waals surface area contributed by atoms with Crippen molar-refractivity contribution in [2.24, 2.45) is 5.73 Å². The van der Waals surface area contributed by atoms with Crippen LogP contribution < -0.4 is 5.73 Å². The molecule has 0 heterocycles. The van der Waals surface area contributed by atoms with E-state index in [0.29, 0.717) is 6.42 Å². The third-order valence-corrected chi connectivity index (χ3v) is 4.44. The van der Waals surface area contributed by atoms with E-state index >= 15 is 0 Å². The zero-order valence-corrected chi connectivity index (χ0v) is 16.3. The van der Waals surface area contributed by atoms with Gasteiger partial charge in [0.25, 0.3) is 0 Å². The number of carbonyl (C=O) groups excluding carboxylic acids is 1. The van der Waals surface area contributed by atoms with Crippen molar-refractivity contribution in [1.82, 2.24) is 4.90 Å². The molecule has 2 aromatic rings. The maximum Gasteiger partial charge on any atom is 0.232 e. The Hall–Kier alpha value is -2.26. The van der Waals surface area contributed by atoms with Gasteiger partial charge in [-0.1, -0.05) is 60.7 Å². The minimum atomic E-state index is -5.17. The van der Waals surface area contributed by atoms with Crippen LogP contribution in [0.5, 0.6) is 0 Å². The van der Waals surface area contributed by atoms with Crippen LogP contribution in [0.4, 0.5) is 0 Å². The van der Waals surface area contributed by atoms with Gasteiger partial charge in [0.15, 0.2) is 0 Å². The van der Waals surface area contributed by atoms with Gasteiger partial charge in [-0.2, -0.15) is 0 Å². The van der Waals surface area contributed by atoms with Crippen molar-refractivity contribution in [3.05, 3.63) is 71.8 Å². The van der Waals surface area contributed by atoms with Crippen LogP contribution in [0.2, 0.25) is 0 Å². The lowest BCUT2D eigenvalue weighted by molar-refractivity contribution is -0.122. The highest BCUT2D eigenvalue weighted by Crippen LogP contribution is 2.37. The Kier molecular flexibility index (Phi) is 8.11. The zero-order chi connectivity index (χ0) is 20.7. The van der Waals surface area contributed by atoms with Crippen LogP contribution >= 0.6 is 0 Å². The number of hydrogen-bond acceptors (Lipinski definition) is 6. The lowest BCUT2D eigenvalue weighted by Gasteiger charge is -2.36. The maximum absolute atomic E-state index is 12.6. The second-order valence-electron chi connectivity index (χ2n) is 6.43. The number of primary amides is 1. The molecule has 0 bridgehead atoms. The van der Waals surface area contributed by atoms with E-state index in [-0.39, 0.29) is 11.9 Å². The van der Waals surface area contributed by atoms with Crippen molar-refractivity contribution < 1.29 is 22.3 Å². The first-order chi connectivity index (χ1) is 12.5. The summed E-state index contributed by atoms with van der Waals surface area (Å²) < 4.78 is 34.1. The molecule has 27 heavy (non-hydrogen) atoms. The first kappa shape index (κ1) is 22.8. The van der Waals surface area contributed by atoms with Gasteiger partial charge in [0, 0.05) is 16.4 Å². The first-order valence-electron chi connectivity index (χ1n) is 8.22. The fraction of sp³-hybridized carbons (Fsp3) is 0.316. The molecule has 0 aliphatic carbocycles. The Morgan fingerprint density at radius 2 is 1.33 bits per heavy atom. The van der Waals surface area contributed by atoms with Crippen molar-refractivity contribution in [3.8, 4) is 0 Å². The number of nitrogens with two attached hydrogens (primary N) is 1. The van der Waals surface area contributed by atoms with E-state index in [9.17, 15) is 4.79 Å². The average molecular weight is 392 g/mol. The van der Waals surface area contributed by atoms with Crippen LogP contribution in [0.15, 0.2) is 60.7 Å². The Morgan fingerprint density at radius 3 is 1.59 bits per heavy atom. The molecule has 2 aromatic carbocycles. The number of rotatable bonds is 6. The molecule has 1 atom stereocenters. The molecular formula is C19H24N2O5S-2. The third kappa shape index (κ3) is 6.76. The SMILES string of the molecule is CC(CC(C(N)=O)(c1ccccc1)c1ccccc1)N(C)C.O=S(=O)([O-])[O-]. The molecule has 148 valence electrons. The molecule has 1 unspecified atom stereocenters. The first-order valence-corrected chi connectivity index (χ1v) is 9.56. The molecular weight excluding hydrogens is 368 g/mol. The molecule has 1 amide bonds. The van der Waals surface area contributed by atoms with E-state index in [4.69, 9.17) is 23.3 Å². The van der Waals surface area contributed by atoms with Gasteiger partial charge in [-0.05, 0) is 38.6 Å². The van der Waals surface area contributed by atoms with Crippen LogP contribution in [0.3, 0.4) is 0 Å². The van der Waals surface area contributed by atoms with Crippen LogP contribution in [0, 0.1) is 0 Å². The number of carbonyl (C=O) groups is 1. The topological polar surface area (TPSA) is 127 Å². The summed E-state index contributed by atoms with van der Waals surface area (Å²) in [6.07, 6.45) is 0.642. The van der Waals surface area contributed by atoms with E-state index in [0.717, 1.165) is 11.1 Å². The lowest BCUT2D eigenvalue weighted by Crippen LogP contribution is -2.46. The van der Waals surface area contributed by atoms with Crippen LogP contribution in [0.1, 0.15) is 24.5 Å². The van der Waals surface area contributed by atoms with Gasteiger partial charge >= 0.3 is 0 Å². The number of hydrogen-bond donors (Lipinski definition) is 1. The highest BCUT2D eigenvalue weighted by atomic mass is 32.3. The van der Waals surface area contributed by atoms with Crippen molar-refractivity contribution in [1.29, 1.82) is 0 Å². The van der Waals surface area contributed by atoms with Gasteiger partial charge in [0.05, 0.1) is 0 Å². The van der Waals surface area contributed by atoms with Gasteiger partial charge in [0.2, 0.25) is 5.91 Å². The van der Waals surface area contributed by atoms with Crippen LogP contribution in [-0.2, 0) is 20.6 Å². The average Bonchev–Trinajstić information content (AvgIpc) is 2.59. The smallest absolute Gasteiger partial charge is 0.232 e. The third-order valence-electron chi connectivity index (χ3n) is 4.44. The quantitative estimate of drug-likeness (QED) is 0.586. The minimum absolute atomic E-state index is 0.216. The molecule has 0 aromatic heterocycles. The lowest BCUT2D eigenvalue weighted by atomic mass is 9.69. The van der Waals surface area contributed by atoms with E-state index in [1.165, 1.54) is 0 Å². The normalized spacial score (nSPS) is 12.8. The van der Waals surface area contributed by atoms with Gasteiger partial charge in [-0.25, -0.2) is 0 Å². The summed E-state index contributed by atoms with van der Waals surface area (Å²) in [5.74, 6) is -0.307. The number of amides is 1. The maximum atomic E-state index is 12.6. The van der Waals surface area contributed by atoms with Gasteiger partial charge in [-0.3, -0.25) is 13.2 Å². The molecule has 0 spiro atoms. The largest absolute Gasteiger partial charge is 0.759 e. The highest BCUT2D eigenvalue weighted by molar-refractivity contribution is 7.79. The summed E-state index contributed by atoms with van der Waals surface area (Å²) in [7, 11) is -1.13. The second-order valence-corrected chi connectivity index (χ2v) is 7.24. The summed E-state index contributed by atoms with van der Waals surface area (Å²) in [6, 6.07) is 19.9. The Labute approximate surface area is 160 Å². The second kappa shape index (κ2) is 9.61. The minimum Gasteiger partial charge on any atom is -0.759 e. The molecule has 0 aliphatic heterocycles. The van der Waals surface area contributed by atoms with Crippen molar-refractivity contribution in [2.45, 2.75) is 24.8 Å². The van der Waals surface area contributed by atoms with Crippen molar-refractivity contribution in [2.75, 3.05) is 14.1 Å². The van der Waals surface area contributed by atoms with Crippen molar-refractivity contribution >= 4 is 16.3 Å². The van der Waals surface area contributed by atoms with Crippen LogP contribution in [-0.4, -0.2) is 48.5 Å². The van der Waals surface area contributed by atoms with Gasteiger partial charge in [-0.15, -0.1) is 0 Å². The molecule has 0 fully saturated rings. The molecule has 0 aliphatic rings. The number of benzene rings is 2. The van der Waals surface area contributed by atoms with Gasteiger partial charge in [0.1, 0.15) is 5.41 Å². The summed E-state index contributed by atoms with van der Waals surface area (Å²) in [5, 5.41) is 0. The molecule has 0 radical (unpaired) electrons. The predicted molar refractivity (Wildman–Crippen MR) is 101 cm³/mol. The van der Waals surface area contributed by atoms with Crippen molar-refractivity contribution in [3.63, 3.8) is 0 Å². The zero-order valence-electron chi connectivity index (χ0n) is 15.5. The molecule has 2 rings (SSSR count). The summed E-state index contributed by atoms with van der Waals surface area (Å²) in [5.41, 5.74) is 7.01. The molecule has 2 N–H and O–H groups in total. The Balaban J connectivity index is 0.000000646. The predicted octanol–water partition coefficient (Wildman–Crippen LogP) is 1.46. The van der Waals surface area contributed by atoms with E-state index in [2.05, 4.69) is 11.8 Å². The Morgan fingerprint density at radius 1 is 1.00 bits per heavy atom. The highest BCUT2D eigenvalue weighted by Gasteiger charge is 2.41. The summed E-state index contributed by atoms with van der Waals surface area (Å²) >= 11 is 0. The molecule has 0 saturated carbocycles. The van der Waals surface area contributed by atoms with E-state index < -0.39 is 15.8 Å². The molecule has 7 nitrogen and oxygen atoms in total. The summed E-state index contributed by atoms with van der Waals surface area (Å²) in [4.78, 5) is 14.7. The monoisotopic (exact) mass is 392 g/mol. The number of nitrogens with zero attached hydrogens (tertiary/aromatic N) is 1. The van der Waals surface area contributed by atoms with E-state index in [1.807, 2.05) is 74.8 Å². The fourth-order valence-electron chi connectivity index (χ4n) is 2.86. The van der Waals surface area contributed by atoms with E-state index in [1.54, 1.807) is 0 Å². The fourth-order valence-corrected chi connectivity index (χ4v) is 2.86. The molecule has 0 saturated heterocycles. The molecule has 8 heteroatoms. The Bertz CT molecular complexity index is 776. The standard InChI is InChI=1S/C19H24N2O.H2O4S/c1-15(21(2)3)14-19(18(20)22,16-10-6-4-7-11-16)17-12-8-5-9-13-17;1-5(2,3)4/h4-13,15H,14H2,1-3H3,(H2,20,22);(H2,1,2,3,4)/p-2.